The highest BCUT2D eigenvalue weighted by Crippen LogP contribution is 2.24. The molecular formula is C14H21N3O4S. The predicted molar refractivity (Wildman–Crippen MR) is 79.9 cm³/mol. The lowest BCUT2D eigenvalue weighted by Crippen LogP contribution is -2.56. The van der Waals surface area contributed by atoms with Gasteiger partial charge in [0.2, 0.25) is 5.09 Å². The number of carbonyl (C=O) groups excluding carboxylic acids is 1. The molecule has 0 radical (unpaired) electrons. The Kier molecular flexibility index (Phi) is 4.00. The van der Waals surface area contributed by atoms with Crippen molar-refractivity contribution in [1.29, 1.82) is 0 Å². The summed E-state index contributed by atoms with van der Waals surface area (Å²) in [6, 6.07) is 1.65. The SMILES string of the molecule is Cc1oc(S(N)(=O)=O)cc1C(=O)N1CCN2CCCC[C@@H]2C1. The lowest BCUT2D eigenvalue weighted by molar-refractivity contribution is 0.0371. The Bertz CT molecular complexity index is 682. The summed E-state index contributed by atoms with van der Waals surface area (Å²) >= 11 is 0. The first kappa shape index (κ1) is 15.5. The first-order valence-electron chi connectivity index (χ1n) is 7.53. The minimum atomic E-state index is -3.93. The van der Waals surface area contributed by atoms with Gasteiger partial charge >= 0.3 is 0 Å². The van der Waals surface area contributed by atoms with Gasteiger partial charge in [-0.25, -0.2) is 13.6 Å². The van der Waals surface area contributed by atoms with Crippen LogP contribution in [0.1, 0.15) is 35.4 Å². The van der Waals surface area contributed by atoms with Crippen LogP contribution in [0.4, 0.5) is 0 Å². The van der Waals surface area contributed by atoms with Gasteiger partial charge in [0, 0.05) is 31.7 Å². The van der Waals surface area contributed by atoms with Crippen molar-refractivity contribution in [3.63, 3.8) is 0 Å². The maximum Gasteiger partial charge on any atom is 0.271 e. The predicted octanol–water partition coefficient (Wildman–Crippen LogP) is 0.546. The number of primary sulfonamides is 1. The van der Waals surface area contributed by atoms with E-state index < -0.39 is 10.0 Å². The summed E-state index contributed by atoms with van der Waals surface area (Å²) in [4.78, 5) is 16.9. The molecule has 2 fully saturated rings. The number of fused-ring (bicyclic) bond motifs is 1. The Morgan fingerprint density at radius 1 is 1.32 bits per heavy atom. The van der Waals surface area contributed by atoms with Crippen molar-refractivity contribution in [1.82, 2.24) is 9.80 Å². The van der Waals surface area contributed by atoms with Gasteiger partial charge in [0.15, 0.2) is 0 Å². The highest BCUT2D eigenvalue weighted by Gasteiger charge is 2.33. The largest absolute Gasteiger partial charge is 0.448 e. The molecule has 1 atom stereocenters. The number of piperidine rings is 1. The average Bonchev–Trinajstić information content (AvgIpc) is 2.88. The molecule has 1 amide bonds. The van der Waals surface area contributed by atoms with Crippen molar-refractivity contribution in [3.8, 4) is 0 Å². The molecular weight excluding hydrogens is 306 g/mol. The molecule has 0 unspecified atom stereocenters. The number of sulfonamides is 1. The Morgan fingerprint density at radius 2 is 2.09 bits per heavy atom. The summed E-state index contributed by atoms with van der Waals surface area (Å²) in [6.07, 6.45) is 3.53. The maximum absolute atomic E-state index is 12.6. The van der Waals surface area contributed by atoms with Crippen LogP contribution in [0.5, 0.6) is 0 Å². The summed E-state index contributed by atoms with van der Waals surface area (Å²) in [6.45, 7) is 4.90. The van der Waals surface area contributed by atoms with Crippen LogP contribution in [0.2, 0.25) is 0 Å². The molecule has 2 N–H and O–H groups in total. The van der Waals surface area contributed by atoms with E-state index in [2.05, 4.69) is 4.90 Å². The third-order valence-corrected chi connectivity index (χ3v) is 5.29. The van der Waals surface area contributed by atoms with E-state index in [9.17, 15) is 13.2 Å². The fourth-order valence-electron chi connectivity index (χ4n) is 3.32. The molecule has 22 heavy (non-hydrogen) atoms. The van der Waals surface area contributed by atoms with Crippen molar-refractivity contribution in [2.45, 2.75) is 37.3 Å². The van der Waals surface area contributed by atoms with Gasteiger partial charge in [-0.1, -0.05) is 6.42 Å². The molecule has 7 nitrogen and oxygen atoms in total. The number of carbonyl (C=O) groups is 1. The summed E-state index contributed by atoms with van der Waals surface area (Å²) in [5.41, 5.74) is 0.285. The number of rotatable bonds is 2. The quantitative estimate of drug-likeness (QED) is 0.855. The van der Waals surface area contributed by atoms with Gasteiger partial charge < -0.3 is 9.32 Å². The number of hydrogen-bond acceptors (Lipinski definition) is 5. The second-order valence-electron chi connectivity index (χ2n) is 6.02. The minimum absolute atomic E-state index is 0.179. The number of nitrogens with two attached hydrogens (primary N) is 1. The molecule has 2 saturated heterocycles. The third kappa shape index (κ3) is 2.90. The Morgan fingerprint density at radius 3 is 2.77 bits per heavy atom. The molecule has 2 aliphatic rings. The van der Waals surface area contributed by atoms with Crippen LogP contribution in [0.3, 0.4) is 0 Å². The van der Waals surface area contributed by atoms with E-state index in [1.807, 2.05) is 0 Å². The van der Waals surface area contributed by atoms with Crippen LogP contribution in [0.15, 0.2) is 15.6 Å². The molecule has 0 spiro atoms. The molecule has 3 rings (SSSR count). The van der Waals surface area contributed by atoms with Crippen LogP contribution < -0.4 is 5.14 Å². The number of amides is 1. The molecule has 2 aliphatic heterocycles. The van der Waals surface area contributed by atoms with Gasteiger partial charge in [-0.15, -0.1) is 0 Å². The first-order chi connectivity index (χ1) is 10.4. The van der Waals surface area contributed by atoms with Crippen LogP contribution in [-0.2, 0) is 10.0 Å². The Balaban J connectivity index is 1.78. The molecule has 0 aliphatic carbocycles. The zero-order valence-corrected chi connectivity index (χ0v) is 13.4. The normalized spacial score (nSPS) is 23.4. The Labute approximate surface area is 130 Å². The van der Waals surface area contributed by atoms with Gasteiger partial charge in [-0.3, -0.25) is 9.69 Å². The second-order valence-corrected chi connectivity index (χ2v) is 7.51. The zero-order valence-electron chi connectivity index (χ0n) is 12.6. The van der Waals surface area contributed by atoms with Crippen molar-refractivity contribution < 1.29 is 17.6 Å². The fourth-order valence-corrected chi connectivity index (χ4v) is 3.84. The fraction of sp³-hybridized carbons (Fsp3) is 0.643. The number of hydrogen-bond donors (Lipinski definition) is 1. The second kappa shape index (κ2) is 5.68. The molecule has 0 aromatic carbocycles. The maximum atomic E-state index is 12.6. The molecule has 8 heteroatoms. The molecule has 3 heterocycles. The van der Waals surface area contributed by atoms with Gasteiger partial charge in [0.1, 0.15) is 5.76 Å². The van der Waals surface area contributed by atoms with Crippen molar-refractivity contribution >= 4 is 15.9 Å². The standard InChI is InChI=1S/C14H21N3O4S/c1-10-12(8-13(21-10)22(15,19)20)14(18)17-7-6-16-5-3-2-4-11(16)9-17/h8,11H,2-7,9H2,1H3,(H2,15,19,20)/t11-/m1/s1. The van der Waals surface area contributed by atoms with E-state index in [0.29, 0.717) is 24.9 Å². The van der Waals surface area contributed by atoms with Gasteiger partial charge in [0.25, 0.3) is 15.9 Å². The Hall–Kier alpha value is -1.38. The molecule has 1 aromatic heterocycles. The molecule has 0 saturated carbocycles. The van der Waals surface area contributed by atoms with E-state index in [0.717, 1.165) is 19.5 Å². The lowest BCUT2D eigenvalue weighted by Gasteiger charge is -2.44. The van der Waals surface area contributed by atoms with Crippen molar-refractivity contribution in [2.75, 3.05) is 26.2 Å². The summed E-state index contributed by atoms with van der Waals surface area (Å²) < 4.78 is 27.8. The van der Waals surface area contributed by atoms with Gasteiger partial charge in [-0.05, 0) is 26.3 Å². The average molecular weight is 327 g/mol. The number of piperazine rings is 1. The van der Waals surface area contributed by atoms with E-state index in [1.165, 1.54) is 18.9 Å². The number of nitrogens with zero attached hydrogens (tertiary/aromatic N) is 2. The number of aryl methyl sites for hydroxylation is 1. The monoisotopic (exact) mass is 327 g/mol. The van der Waals surface area contributed by atoms with Gasteiger partial charge in [0.05, 0.1) is 5.56 Å². The number of furan rings is 1. The summed E-state index contributed by atoms with van der Waals surface area (Å²) in [5.74, 6) is 0.112. The van der Waals surface area contributed by atoms with Crippen molar-refractivity contribution in [2.24, 2.45) is 5.14 Å². The van der Waals surface area contributed by atoms with E-state index >= 15 is 0 Å². The molecule has 0 bridgehead atoms. The van der Waals surface area contributed by atoms with E-state index in [1.54, 1.807) is 11.8 Å². The summed E-state index contributed by atoms with van der Waals surface area (Å²) in [5, 5.41) is 4.70. The van der Waals surface area contributed by atoms with Crippen molar-refractivity contribution in [3.05, 3.63) is 17.4 Å². The van der Waals surface area contributed by atoms with Crippen LogP contribution >= 0.6 is 0 Å². The topological polar surface area (TPSA) is 96.8 Å². The third-order valence-electron chi connectivity index (χ3n) is 4.53. The lowest BCUT2D eigenvalue weighted by atomic mass is 9.99. The molecule has 1 aromatic rings. The zero-order chi connectivity index (χ0) is 15.9. The smallest absolute Gasteiger partial charge is 0.271 e. The van der Waals surface area contributed by atoms with E-state index in [4.69, 9.17) is 9.56 Å². The van der Waals surface area contributed by atoms with Crippen LogP contribution in [0.25, 0.3) is 0 Å². The molecule has 122 valence electrons. The first-order valence-corrected chi connectivity index (χ1v) is 9.07. The van der Waals surface area contributed by atoms with Gasteiger partial charge in [-0.2, -0.15) is 0 Å². The summed E-state index contributed by atoms with van der Waals surface area (Å²) in [7, 11) is -3.93. The minimum Gasteiger partial charge on any atom is -0.448 e. The highest BCUT2D eigenvalue weighted by atomic mass is 32.2. The van der Waals surface area contributed by atoms with E-state index in [-0.39, 0.29) is 16.6 Å². The van der Waals surface area contributed by atoms with Crippen LogP contribution in [-0.4, -0.2) is 56.3 Å². The highest BCUT2D eigenvalue weighted by molar-refractivity contribution is 7.89. The van der Waals surface area contributed by atoms with Crippen LogP contribution in [0, 0.1) is 6.92 Å².